The van der Waals surface area contributed by atoms with Crippen molar-refractivity contribution in [1.82, 2.24) is 10.2 Å². The predicted octanol–water partition coefficient (Wildman–Crippen LogP) is 2.64. The first-order valence-corrected chi connectivity index (χ1v) is 8.18. The zero-order valence-corrected chi connectivity index (χ0v) is 13.4. The SMILES string of the molecule is CCC(O)(CC)CN1CCCCC1CNCC(C)C. The van der Waals surface area contributed by atoms with Gasteiger partial charge in [0.1, 0.15) is 0 Å². The molecule has 0 aromatic heterocycles. The van der Waals surface area contributed by atoms with Crippen LogP contribution in [0.2, 0.25) is 0 Å². The third-order valence-electron chi connectivity index (χ3n) is 4.50. The molecule has 1 rings (SSSR count). The lowest BCUT2D eigenvalue weighted by Gasteiger charge is -2.41. The van der Waals surface area contributed by atoms with Crippen LogP contribution in [0.3, 0.4) is 0 Å². The summed E-state index contributed by atoms with van der Waals surface area (Å²) < 4.78 is 0. The van der Waals surface area contributed by atoms with Crippen molar-refractivity contribution in [2.24, 2.45) is 5.92 Å². The van der Waals surface area contributed by atoms with E-state index < -0.39 is 5.60 Å². The number of nitrogens with zero attached hydrogens (tertiary/aromatic N) is 1. The van der Waals surface area contributed by atoms with Gasteiger partial charge in [-0.25, -0.2) is 0 Å². The van der Waals surface area contributed by atoms with Crippen molar-refractivity contribution in [2.45, 2.75) is 71.4 Å². The summed E-state index contributed by atoms with van der Waals surface area (Å²) in [5.74, 6) is 0.709. The molecule has 0 spiro atoms. The Morgan fingerprint density at radius 2 is 1.95 bits per heavy atom. The van der Waals surface area contributed by atoms with E-state index in [2.05, 4.69) is 37.9 Å². The Morgan fingerprint density at radius 1 is 1.26 bits per heavy atom. The second-order valence-electron chi connectivity index (χ2n) is 6.60. The second kappa shape index (κ2) is 8.23. The average molecular weight is 270 g/mol. The van der Waals surface area contributed by atoms with Gasteiger partial charge in [-0.3, -0.25) is 4.90 Å². The standard InChI is InChI=1S/C16H34N2O/c1-5-16(19,6-2)13-18-10-8-7-9-15(18)12-17-11-14(3)4/h14-15,17,19H,5-13H2,1-4H3. The first-order chi connectivity index (χ1) is 9.00. The van der Waals surface area contributed by atoms with E-state index in [1.807, 2.05) is 0 Å². The first-order valence-electron chi connectivity index (χ1n) is 8.18. The van der Waals surface area contributed by atoms with Gasteiger partial charge in [-0.2, -0.15) is 0 Å². The Kier molecular flexibility index (Phi) is 7.33. The zero-order valence-electron chi connectivity index (χ0n) is 13.4. The maximum Gasteiger partial charge on any atom is 0.0769 e. The summed E-state index contributed by atoms with van der Waals surface area (Å²) in [6, 6.07) is 0.608. The van der Waals surface area contributed by atoms with Crippen LogP contribution < -0.4 is 5.32 Å². The number of hydrogen-bond acceptors (Lipinski definition) is 3. The highest BCUT2D eigenvalue weighted by molar-refractivity contribution is 4.86. The van der Waals surface area contributed by atoms with E-state index in [-0.39, 0.29) is 0 Å². The van der Waals surface area contributed by atoms with Crippen LogP contribution in [0.25, 0.3) is 0 Å². The molecule has 1 aliphatic heterocycles. The summed E-state index contributed by atoms with van der Waals surface area (Å²) >= 11 is 0. The van der Waals surface area contributed by atoms with Crippen LogP contribution in [-0.2, 0) is 0 Å². The Labute approximate surface area is 119 Å². The lowest BCUT2D eigenvalue weighted by atomic mass is 9.93. The molecule has 1 fully saturated rings. The van der Waals surface area contributed by atoms with Crippen LogP contribution in [0.15, 0.2) is 0 Å². The van der Waals surface area contributed by atoms with Crippen LogP contribution >= 0.6 is 0 Å². The Bertz CT molecular complexity index is 239. The van der Waals surface area contributed by atoms with Gasteiger partial charge in [0.2, 0.25) is 0 Å². The lowest BCUT2D eigenvalue weighted by Crippen LogP contribution is -2.52. The number of β-amino-alcohol motifs (C(OH)–C–C–N with tert-alkyl or cyclic N) is 1. The van der Waals surface area contributed by atoms with Crippen LogP contribution in [0.1, 0.15) is 59.8 Å². The number of rotatable bonds is 8. The van der Waals surface area contributed by atoms with Crippen molar-refractivity contribution < 1.29 is 5.11 Å². The van der Waals surface area contributed by atoms with Gasteiger partial charge in [0.05, 0.1) is 5.60 Å². The summed E-state index contributed by atoms with van der Waals surface area (Å²) in [7, 11) is 0. The minimum Gasteiger partial charge on any atom is -0.389 e. The van der Waals surface area contributed by atoms with Gasteiger partial charge in [-0.1, -0.05) is 34.1 Å². The molecule has 0 amide bonds. The molecule has 0 aromatic carbocycles. The molecule has 19 heavy (non-hydrogen) atoms. The van der Waals surface area contributed by atoms with E-state index in [1.165, 1.54) is 19.3 Å². The largest absolute Gasteiger partial charge is 0.389 e. The molecule has 3 heteroatoms. The number of aliphatic hydroxyl groups is 1. The summed E-state index contributed by atoms with van der Waals surface area (Å²) in [4.78, 5) is 2.52. The van der Waals surface area contributed by atoms with Gasteiger partial charge in [0.25, 0.3) is 0 Å². The van der Waals surface area contributed by atoms with E-state index in [1.54, 1.807) is 0 Å². The fraction of sp³-hybridized carbons (Fsp3) is 1.00. The summed E-state index contributed by atoms with van der Waals surface area (Å²) in [5.41, 5.74) is -0.492. The molecule has 3 nitrogen and oxygen atoms in total. The molecule has 1 unspecified atom stereocenters. The van der Waals surface area contributed by atoms with Gasteiger partial charge in [0.15, 0.2) is 0 Å². The first kappa shape index (κ1) is 16.9. The van der Waals surface area contributed by atoms with Crippen molar-refractivity contribution in [1.29, 1.82) is 0 Å². The van der Waals surface area contributed by atoms with E-state index in [4.69, 9.17) is 0 Å². The molecular formula is C16H34N2O. The van der Waals surface area contributed by atoms with E-state index in [0.717, 1.165) is 39.0 Å². The van der Waals surface area contributed by atoms with E-state index >= 15 is 0 Å². The topological polar surface area (TPSA) is 35.5 Å². The number of hydrogen-bond donors (Lipinski definition) is 2. The fourth-order valence-electron chi connectivity index (χ4n) is 2.89. The molecule has 1 aliphatic rings. The summed E-state index contributed by atoms with van der Waals surface area (Å²) in [5, 5.41) is 14.1. The van der Waals surface area contributed by atoms with Gasteiger partial charge in [-0.05, 0) is 44.7 Å². The maximum absolute atomic E-state index is 10.6. The molecule has 2 N–H and O–H groups in total. The van der Waals surface area contributed by atoms with Gasteiger partial charge in [0, 0.05) is 19.1 Å². The molecule has 1 saturated heterocycles. The van der Waals surface area contributed by atoms with E-state index in [9.17, 15) is 5.11 Å². The Morgan fingerprint density at radius 3 is 2.53 bits per heavy atom. The number of likely N-dealkylation sites (tertiary alicyclic amines) is 1. The van der Waals surface area contributed by atoms with E-state index in [0.29, 0.717) is 12.0 Å². The van der Waals surface area contributed by atoms with Crippen LogP contribution in [-0.4, -0.2) is 47.8 Å². The van der Waals surface area contributed by atoms with Crippen molar-refractivity contribution >= 4 is 0 Å². The molecule has 0 bridgehead atoms. The molecule has 1 atom stereocenters. The molecule has 0 aromatic rings. The third kappa shape index (κ3) is 5.80. The summed E-state index contributed by atoms with van der Waals surface area (Å²) in [6.07, 6.45) is 5.60. The average Bonchev–Trinajstić information content (AvgIpc) is 2.40. The third-order valence-corrected chi connectivity index (χ3v) is 4.50. The Hall–Kier alpha value is -0.120. The minimum atomic E-state index is -0.492. The number of piperidine rings is 1. The molecular weight excluding hydrogens is 236 g/mol. The zero-order chi connectivity index (χ0) is 14.3. The minimum absolute atomic E-state index is 0.492. The molecule has 1 heterocycles. The Balaban J connectivity index is 2.47. The summed E-state index contributed by atoms with van der Waals surface area (Å²) in [6.45, 7) is 12.8. The molecule has 0 aliphatic carbocycles. The fourth-order valence-corrected chi connectivity index (χ4v) is 2.89. The van der Waals surface area contributed by atoms with Crippen molar-refractivity contribution in [3.63, 3.8) is 0 Å². The van der Waals surface area contributed by atoms with Gasteiger partial charge >= 0.3 is 0 Å². The highest BCUT2D eigenvalue weighted by Gasteiger charge is 2.30. The highest BCUT2D eigenvalue weighted by Crippen LogP contribution is 2.23. The van der Waals surface area contributed by atoms with Crippen molar-refractivity contribution in [3.05, 3.63) is 0 Å². The van der Waals surface area contributed by atoms with Gasteiger partial charge in [-0.15, -0.1) is 0 Å². The van der Waals surface area contributed by atoms with Crippen LogP contribution in [0.5, 0.6) is 0 Å². The maximum atomic E-state index is 10.6. The molecule has 114 valence electrons. The highest BCUT2D eigenvalue weighted by atomic mass is 16.3. The van der Waals surface area contributed by atoms with Crippen LogP contribution in [0, 0.1) is 5.92 Å². The quantitative estimate of drug-likeness (QED) is 0.712. The lowest BCUT2D eigenvalue weighted by molar-refractivity contribution is -0.0225. The molecule has 0 saturated carbocycles. The van der Waals surface area contributed by atoms with Crippen LogP contribution in [0.4, 0.5) is 0 Å². The smallest absolute Gasteiger partial charge is 0.0769 e. The normalized spacial score (nSPS) is 22.1. The predicted molar refractivity (Wildman–Crippen MR) is 82.5 cm³/mol. The monoisotopic (exact) mass is 270 g/mol. The van der Waals surface area contributed by atoms with Gasteiger partial charge < -0.3 is 10.4 Å². The van der Waals surface area contributed by atoms with Crippen molar-refractivity contribution in [2.75, 3.05) is 26.2 Å². The second-order valence-corrected chi connectivity index (χ2v) is 6.60. The van der Waals surface area contributed by atoms with Crippen molar-refractivity contribution in [3.8, 4) is 0 Å². The number of nitrogens with one attached hydrogen (secondary N) is 1. The molecule has 0 radical (unpaired) electrons.